The fourth-order valence-corrected chi connectivity index (χ4v) is 5.32. The molecular formula is C31H36FNO3S2. The molecule has 3 rings (SSSR count). The minimum Gasteiger partial charge on any atom is -0.293 e. The lowest BCUT2D eigenvalue weighted by molar-refractivity contribution is -0.380. The van der Waals surface area contributed by atoms with Crippen LogP contribution in [0.2, 0.25) is 0 Å². The third kappa shape index (κ3) is 8.77. The molecule has 0 bridgehead atoms. The van der Waals surface area contributed by atoms with E-state index in [4.69, 9.17) is 0 Å². The Bertz CT molecular complexity index is 1330. The van der Waals surface area contributed by atoms with Crippen molar-refractivity contribution < 1.29 is 14.1 Å². The summed E-state index contributed by atoms with van der Waals surface area (Å²) in [5.74, 6) is -0.236. The summed E-state index contributed by atoms with van der Waals surface area (Å²) < 4.78 is 14.0. The average molecular weight is 554 g/mol. The summed E-state index contributed by atoms with van der Waals surface area (Å²) in [6.07, 6.45) is 2.48. The second kappa shape index (κ2) is 13.7. The van der Waals surface area contributed by atoms with Crippen LogP contribution in [0.4, 0.5) is 9.39 Å². The molecule has 3 aromatic rings. The number of ketones is 1. The standard InChI is InChI=1S/C24H29FS.C7H7NO3S/c1-8-17(3)26-23(20-13-16(2)14-22(25)15-20)18(4)19-9-11-21(12-10-19)24(5,6)7;1-2-5(9)6-3-4-7(12-6)8(10)11/h8-15H,1-7H3;3-4H,2H2,1H3/b17-8-,23-18+;. The molecule has 202 valence electrons. The van der Waals surface area contributed by atoms with Crippen molar-refractivity contribution in [2.45, 2.75) is 67.2 Å². The van der Waals surface area contributed by atoms with Crippen molar-refractivity contribution in [3.63, 3.8) is 0 Å². The molecule has 0 fully saturated rings. The molecule has 2 aromatic carbocycles. The number of nitrogens with zero attached hydrogens (tertiary/aromatic N) is 1. The first-order valence-electron chi connectivity index (χ1n) is 12.4. The van der Waals surface area contributed by atoms with E-state index in [2.05, 4.69) is 71.0 Å². The van der Waals surface area contributed by atoms with Gasteiger partial charge in [0.25, 0.3) is 0 Å². The van der Waals surface area contributed by atoms with Crippen molar-refractivity contribution in [2.24, 2.45) is 0 Å². The van der Waals surface area contributed by atoms with Crippen LogP contribution in [0.15, 0.2) is 65.6 Å². The van der Waals surface area contributed by atoms with Gasteiger partial charge in [0.15, 0.2) is 5.78 Å². The molecular weight excluding hydrogens is 517 g/mol. The molecule has 0 radical (unpaired) electrons. The molecule has 1 aromatic heterocycles. The minimum absolute atomic E-state index is 0.0202. The summed E-state index contributed by atoms with van der Waals surface area (Å²) in [4.78, 5) is 23.5. The third-order valence-electron chi connectivity index (χ3n) is 5.87. The van der Waals surface area contributed by atoms with Crippen molar-refractivity contribution >= 4 is 44.4 Å². The second-order valence-electron chi connectivity index (χ2n) is 9.97. The Balaban J connectivity index is 0.000000352. The Labute approximate surface area is 233 Å². The molecule has 0 N–H and O–H groups in total. The quantitative estimate of drug-likeness (QED) is 0.126. The first-order chi connectivity index (χ1) is 17.8. The van der Waals surface area contributed by atoms with Gasteiger partial charge in [0.05, 0.1) is 9.80 Å². The lowest BCUT2D eigenvalue weighted by Crippen LogP contribution is -2.10. The van der Waals surface area contributed by atoms with Gasteiger partial charge in [-0.3, -0.25) is 14.9 Å². The topological polar surface area (TPSA) is 60.2 Å². The number of Topliss-reactive ketones (excluding diaryl/α,β-unsaturated/α-hetero) is 1. The van der Waals surface area contributed by atoms with Crippen LogP contribution in [0.3, 0.4) is 0 Å². The number of allylic oxidation sites excluding steroid dienone is 3. The molecule has 38 heavy (non-hydrogen) atoms. The highest BCUT2D eigenvalue weighted by molar-refractivity contribution is 8.12. The lowest BCUT2D eigenvalue weighted by atomic mass is 9.86. The van der Waals surface area contributed by atoms with Gasteiger partial charge in [0.2, 0.25) is 0 Å². The molecule has 0 aliphatic heterocycles. The van der Waals surface area contributed by atoms with Gasteiger partial charge in [-0.15, -0.1) is 0 Å². The highest BCUT2D eigenvalue weighted by Gasteiger charge is 2.16. The molecule has 0 atom stereocenters. The van der Waals surface area contributed by atoms with Crippen LogP contribution in [0.1, 0.15) is 86.8 Å². The molecule has 0 saturated carbocycles. The number of rotatable bonds is 7. The maximum Gasteiger partial charge on any atom is 0.324 e. The van der Waals surface area contributed by atoms with Crippen LogP contribution in [0.5, 0.6) is 0 Å². The van der Waals surface area contributed by atoms with Gasteiger partial charge < -0.3 is 0 Å². The van der Waals surface area contributed by atoms with Crippen molar-refractivity contribution in [1.29, 1.82) is 0 Å². The van der Waals surface area contributed by atoms with Crippen LogP contribution >= 0.6 is 23.1 Å². The van der Waals surface area contributed by atoms with Crippen molar-refractivity contribution in [3.05, 3.63) is 109 Å². The van der Waals surface area contributed by atoms with E-state index < -0.39 is 4.92 Å². The number of nitro groups is 1. The average Bonchev–Trinajstić information content (AvgIpc) is 3.36. The monoisotopic (exact) mass is 553 g/mol. The molecule has 1 heterocycles. The molecule has 0 aliphatic carbocycles. The predicted octanol–water partition coefficient (Wildman–Crippen LogP) is 10.2. The number of carbonyl (C=O) groups excluding carboxylic acids is 1. The van der Waals surface area contributed by atoms with Gasteiger partial charge in [-0.25, -0.2) is 4.39 Å². The van der Waals surface area contributed by atoms with Gasteiger partial charge in [-0.05, 0) is 84.0 Å². The second-order valence-corrected chi connectivity index (χ2v) is 12.3. The minimum atomic E-state index is -0.489. The first-order valence-corrected chi connectivity index (χ1v) is 14.1. The zero-order chi connectivity index (χ0) is 28.6. The van der Waals surface area contributed by atoms with Crippen LogP contribution in [-0.2, 0) is 5.41 Å². The van der Waals surface area contributed by atoms with E-state index in [9.17, 15) is 19.3 Å². The molecule has 0 amide bonds. The zero-order valence-electron chi connectivity index (χ0n) is 23.3. The number of halogens is 1. The summed E-state index contributed by atoms with van der Waals surface area (Å²) in [6, 6.07) is 16.8. The maximum absolute atomic E-state index is 14.0. The Morgan fingerprint density at radius 1 is 1.05 bits per heavy atom. The van der Waals surface area contributed by atoms with Gasteiger partial charge in [0.1, 0.15) is 5.82 Å². The number of aryl methyl sites for hydroxylation is 1. The van der Waals surface area contributed by atoms with Gasteiger partial charge in [0, 0.05) is 17.4 Å². The largest absolute Gasteiger partial charge is 0.324 e. The molecule has 4 nitrogen and oxygen atoms in total. The summed E-state index contributed by atoms with van der Waals surface area (Å²) in [6.45, 7) is 16.6. The van der Waals surface area contributed by atoms with Crippen LogP contribution in [-0.4, -0.2) is 10.7 Å². The van der Waals surface area contributed by atoms with E-state index in [-0.39, 0.29) is 22.0 Å². The number of carbonyl (C=O) groups is 1. The smallest absolute Gasteiger partial charge is 0.293 e. The molecule has 0 aliphatic rings. The molecule has 0 spiro atoms. The fraction of sp³-hybridized carbons (Fsp3) is 0.323. The Kier molecular flexibility index (Phi) is 11.2. The van der Waals surface area contributed by atoms with Crippen molar-refractivity contribution in [3.8, 4) is 0 Å². The van der Waals surface area contributed by atoms with E-state index >= 15 is 0 Å². The number of hydrogen-bond donors (Lipinski definition) is 0. The highest BCUT2D eigenvalue weighted by atomic mass is 32.2. The number of benzene rings is 2. The Morgan fingerprint density at radius 2 is 1.68 bits per heavy atom. The normalized spacial score (nSPS) is 12.4. The number of hydrogen-bond acceptors (Lipinski definition) is 5. The molecule has 7 heteroatoms. The fourth-order valence-electron chi connectivity index (χ4n) is 3.54. The number of thioether (sulfide) groups is 1. The van der Waals surface area contributed by atoms with Gasteiger partial charge in [-0.2, -0.15) is 0 Å². The summed E-state index contributed by atoms with van der Waals surface area (Å²) in [5, 5.41) is 10.3. The lowest BCUT2D eigenvalue weighted by Gasteiger charge is -2.20. The highest BCUT2D eigenvalue weighted by Crippen LogP contribution is 2.40. The summed E-state index contributed by atoms with van der Waals surface area (Å²) in [5.41, 5.74) is 5.66. The molecule has 0 saturated heterocycles. The van der Waals surface area contributed by atoms with Crippen LogP contribution < -0.4 is 0 Å². The maximum atomic E-state index is 14.0. The third-order valence-corrected chi connectivity index (χ3v) is 8.25. The van der Waals surface area contributed by atoms with E-state index in [0.717, 1.165) is 27.4 Å². The van der Waals surface area contributed by atoms with Gasteiger partial charge >= 0.3 is 5.00 Å². The van der Waals surface area contributed by atoms with E-state index in [1.807, 2.05) is 13.8 Å². The Hall–Kier alpha value is -3.03. The summed E-state index contributed by atoms with van der Waals surface area (Å²) in [7, 11) is 0. The number of thiophene rings is 1. The van der Waals surface area contributed by atoms with E-state index in [1.165, 1.54) is 33.7 Å². The van der Waals surface area contributed by atoms with Crippen LogP contribution in [0, 0.1) is 22.9 Å². The molecule has 0 unspecified atom stereocenters. The van der Waals surface area contributed by atoms with Crippen molar-refractivity contribution in [1.82, 2.24) is 0 Å². The van der Waals surface area contributed by atoms with E-state index in [1.54, 1.807) is 30.8 Å². The zero-order valence-corrected chi connectivity index (χ0v) is 25.0. The summed E-state index contributed by atoms with van der Waals surface area (Å²) >= 11 is 2.63. The van der Waals surface area contributed by atoms with Crippen LogP contribution in [0.25, 0.3) is 10.5 Å². The Morgan fingerprint density at radius 3 is 2.16 bits per heavy atom. The SMILES string of the molecule is C/C=C(/C)S/C(=C(\C)c1ccc(C(C)(C)C)cc1)c1cc(C)cc(F)c1.CCC(=O)c1ccc([N+](=O)[O-])s1. The first kappa shape index (κ1) is 31.2. The van der Waals surface area contributed by atoms with E-state index in [0.29, 0.717) is 11.3 Å². The predicted molar refractivity (Wildman–Crippen MR) is 161 cm³/mol. The van der Waals surface area contributed by atoms with Gasteiger partial charge in [-0.1, -0.05) is 87.2 Å². The van der Waals surface area contributed by atoms with Crippen molar-refractivity contribution in [2.75, 3.05) is 0 Å².